The summed E-state index contributed by atoms with van der Waals surface area (Å²) in [5.74, 6) is 1.24. The predicted octanol–water partition coefficient (Wildman–Crippen LogP) is 12.8. The minimum absolute atomic E-state index is 0.000586. The third-order valence-corrected chi connectivity index (χ3v) is 12.2. The number of nitrogens with zero attached hydrogens (tertiary/aromatic N) is 3. The molecule has 0 spiro atoms. The molecule has 2 aliphatic heterocycles. The number of aromatic nitrogens is 2. The number of fused-ring (bicyclic) bond motifs is 12. The summed E-state index contributed by atoms with van der Waals surface area (Å²) < 4.78 is 11.9. The Morgan fingerprint density at radius 3 is 2.26 bits per heavy atom. The number of furan rings is 1. The number of rotatable bonds is 4. The van der Waals surface area contributed by atoms with E-state index in [2.05, 4.69) is 180 Å². The van der Waals surface area contributed by atoms with Gasteiger partial charge in [-0.1, -0.05) is 147 Å². The topological polar surface area (TPSA) is 34.3 Å². The number of hydrogen-bond acceptors (Lipinski definition) is 2. The van der Waals surface area contributed by atoms with Crippen LogP contribution in [0.25, 0.3) is 78.0 Å². The molecule has 57 heavy (non-hydrogen) atoms. The van der Waals surface area contributed by atoms with Gasteiger partial charge in [-0.05, 0) is 77.1 Å². The molecule has 0 N–H and O–H groups in total. The number of aryl methyl sites for hydroxylation is 1. The molecule has 272 valence electrons. The number of hydrogen-bond donors (Lipinski definition) is 0. The van der Waals surface area contributed by atoms with Crippen LogP contribution in [0.5, 0.6) is 0 Å². The van der Waals surface area contributed by atoms with Crippen LogP contribution in [0.3, 0.4) is 0 Å². The lowest BCUT2D eigenvalue weighted by Crippen LogP contribution is -2.38. The lowest BCUT2D eigenvalue weighted by Gasteiger charge is -2.32. The van der Waals surface area contributed by atoms with Gasteiger partial charge in [0.05, 0.1) is 11.8 Å². The number of para-hydroxylation sites is 3. The Bertz CT molecular complexity index is 3090. The summed E-state index contributed by atoms with van der Waals surface area (Å²) in [5.41, 5.74) is 16.5. The maximum Gasteiger partial charge on any atom is 0.304 e. The molecule has 2 aromatic heterocycles. The maximum atomic E-state index is 7.01. The van der Waals surface area contributed by atoms with E-state index in [9.17, 15) is 0 Å². The van der Waals surface area contributed by atoms with Crippen molar-refractivity contribution in [1.82, 2.24) is 4.57 Å². The minimum Gasteiger partial charge on any atom is -0.455 e. The number of benzene rings is 7. The molecule has 2 atom stereocenters. The number of allylic oxidation sites excluding steroid dienone is 1. The molecule has 0 aliphatic carbocycles. The van der Waals surface area contributed by atoms with Gasteiger partial charge in [0.15, 0.2) is 16.6 Å². The average Bonchev–Trinajstić information content (AvgIpc) is 3.82. The van der Waals surface area contributed by atoms with Crippen molar-refractivity contribution in [2.24, 2.45) is 4.99 Å². The van der Waals surface area contributed by atoms with Crippen LogP contribution in [-0.2, 0) is 6.42 Å². The fourth-order valence-electron chi connectivity index (χ4n) is 9.57. The molecule has 0 bridgehead atoms. The van der Waals surface area contributed by atoms with Gasteiger partial charge >= 0.3 is 5.82 Å². The van der Waals surface area contributed by atoms with Gasteiger partial charge < -0.3 is 4.42 Å². The van der Waals surface area contributed by atoms with Crippen molar-refractivity contribution in [2.45, 2.75) is 31.2 Å². The van der Waals surface area contributed by atoms with Crippen LogP contribution in [0.1, 0.15) is 35.4 Å². The molecule has 0 radical (unpaired) electrons. The molecule has 0 saturated carbocycles. The molecule has 2 unspecified atom stereocenters. The SMILES string of the molecule is C=CC1=NC2CC(=C)[n+]3c(n(-c4cc(-c5ccccc5)ccc4-c4ccccc4)c4ccccc43)-c3c(ccc4c3oc3ccccc34)CCC2c2ccccc21. The van der Waals surface area contributed by atoms with E-state index in [1.807, 2.05) is 6.08 Å². The highest BCUT2D eigenvalue weighted by Gasteiger charge is 2.39. The van der Waals surface area contributed by atoms with Crippen LogP contribution in [0.2, 0.25) is 0 Å². The first kappa shape index (κ1) is 33.3. The molecule has 7 aromatic carbocycles. The van der Waals surface area contributed by atoms with Gasteiger partial charge in [-0.25, -0.2) is 0 Å². The largest absolute Gasteiger partial charge is 0.455 e. The Kier molecular flexibility index (Phi) is 7.78. The summed E-state index contributed by atoms with van der Waals surface area (Å²) >= 11 is 0. The van der Waals surface area contributed by atoms with E-state index in [0.717, 1.165) is 91.0 Å². The predicted molar refractivity (Wildman–Crippen MR) is 235 cm³/mol. The first-order valence-electron chi connectivity index (χ1n) is 19.9. The van der Waals surface area contributed by atoms with Crippen LogP contribution in [0, 0.1) is 0 Å². The quantitative estimate of drug-likeness (QED) is 0.166. The van der Waals surface area contributed by atoms with E-state index < -0.39 is 0 Å². The number of imidazole rings is 1. The molecular formula is C53H40N3O+. The van der Waals surface area contributed by atoms with Gasteiger partial charge in [0.2, 0.25) is 0 Å². The molecule has 11 rings (SSSR count). The number of aliphatic imine (C=N–C) groups is 1. The zero-order valence-electron chi connectivity index (χ0n) is 31.6. The van der Waals surface area contributed by atoms with E-state index in [1.54, 1.807) is 0 Å². The van der Waals surface area contributed by atoms with E-state index in [4.69, 9.17) is 16.0 Å². The first-order chi connectivity index (χ1) is 28.2. The Morgan fingerprint density at radius 2 is 1.42 bits per heavy atom. The van der Waals surface area contributed by atoms with Crippen LogP contribution < -0.4 is 4.57 Å². The van der Waals surface area contributed by atoms with Gasteiger partial charge in [-0.15, -0.1) is 0 Å². The van der Waals surface area contributed by atoms with E-state index in [1.165, 1.54) is 22.3 Å². The molecule has 4 heterocycles. The van der Waals surface area contributed by atoms with E-state index in [0.29, 0.717) is 6.42 Å². The fraction of sp³-hybridized carbons (Fsp3) is 0.0943. The van der Waals surface area contributed by atoms with Gasteiger partial charge in [0.25, 0.3) is 0 Å². The van der Waals surface area contributed by atoms with Gasteiger partial charge in [-0.3, -0.25) is 4.99 Å². The fourth-order valence-corrected chi connectivity index (χ4v) is 9.57. The lowest BCUT2D eigenvalue weighted by atomic mass is 9.78. The summed E-state index contributed by atoms with van der Waals surface area (Å²) in [6.07, 6.45) is 4.38. The van der Waals surface area contributed by atoms with Crippen molar-refractivity contribution in [3.8, 4) is 39.3 Å². The Morgan fingerprint density at radius 1 is 0.684 bits per heavy atom. The molecule has 4 heteroatoms. The smallest absolute Gasteiger partial charge is 0.304 e. The second kappa shape index (κ2) is 13.3. The maximum absolute atomic E-state index is 7.01. The summed E-state index contributed by atoms with van der Waals surface area (Å²) in [5, 5.41) is 2.22. The van der Waals surface area contributed by atoms with Crippen molar-refractivity contribution in [1.29, 1.82) is 0 Å². The van der Waals surface area contributed by atoms with E-state index >= 15 is 0 Å². The zero-order chi connectivity index (χ0) is 38.0. The monoisotopic (exact) mass is 734 g/mol. The highest BCUT2D eigenvalue weighted by Crippen LogP contribution is 2.45. The standard InChI is InChI=1S/C53H40N3O/c1-3-45-41-21-11-10-20-40(41)42-30-26-37-27-31-44-43-22-12-15-25-50(43)57-52(44)51(37)53-55(34(2)32-46(42)54-45)47-23-13-14-24-48(47)56(53)49-33-38(35-16-6-4-7-17-35)28-29-39(49)36-18-8-5-9-19-36/h3-25,27-29,31,33,42,46H,1-2,26,30,32H2/q+1. The third kappa shape index (κ3) is 5.28. The van der Waals surface area contributed by atoms with Crippen molar-refractivity contribution < 1.29 is 8.98 Å². The zero-order valence-corrected chi connectivity index (χ0v) is 31.6. The third-order valence-electron chi connectivity index (χ3n) is 12.2. The lowest BCUT2D eigenvalue weighted by molar-refractivity contribution is -0.542. The molecule has 0 amide bonds. The minimum atomic E-state index is 0.000586. The van der Waals surface area contributed by atoms with Crippen LogP contribution >= 0.6 is 0 Å². The molecular weight excluding hydrogens is 695 g/mol. The second-order valence-corrected chi connectivity index (χ2v) is 15.3. The van der Waals surface area contributed by atoms with Crippen LogP contribution in [-0.4, -0.2) is 16.3 Å². The van der Waals surface area contributed by atoms with Gasteiger partial charge in [0.1, 0.15) is 22.5 Å². The normalized spacial score (nSPS) is 16.4. The highest BCUT2D eigenvalue weighted by molar-refractivity contribution is 6.11. The van der Waals surface area contributed by atoms with Crippen LogP contribution in [0.4, 0.5) is 0 Å². The molecule has 9 aromatic rings. The van der Waals surface area contributed by atoms with Crippen molar-refractivity contribution >= 4 is 44.4 Å². The summed E-state index contributed by atoms with van der Waals surface area (Å²) in [7, 11) is 0. The average molecular weight is 735 g/mol. The van der Waals surface area contributed by atoms with Gasteiger partial charge in [-0.2, -0.15) is 9.13 Å². The van der Waals surface area contributed by atoms with Gasteiger partial charge in [0, 0.05) is 34.2 Å². The summed E-state index contributed by atoms with van der Waals surface area (Å²) in [4.78, 5) is 5.44. The summed E-state index contributed by atoms with van der Waals surface area (Å²) in [6, 6.07) is 58.9. The van der Waals surface area contributed by atoms with Crippen LogP contribution in [0.15, 0.2) is 192 Å². The molecule has 0 fully saturated rings. The van der Waals surface area contributed by atoms with Crippen molar-refractivity contribution in [3.63, 3.8) is 0 Å². The van der Waals surface area contributed by atoms with E-state index in [-0.39, 0.29) is 12.0 Å². The second-order valence-electron chi connectivity index (χ2n) is 15.3. The van der Waals surface area contributed by atoms with Crippen molar-refractivity contribution in [2.75, 3.05) is 0 Å². The molecule has 4 nitrogen and oxygen atoms in total. The Hall–Kier alpha value is -7.04. The Balaban J connectivity index is 1.27. The molecule has 2 aliphatic rings. The molecule has 0 saturated heterocycles. The summed E-state index contributed by atoms with van der Waals surface area (Å²) in [6.45, 7) is 9.15. The highest BCUT2D eigenvalue weighted by atomic mass is 16.3. The van der Waals surface area contributed by atoms with Crippen molar-refractivity contribution in [3.05, 3.63) is 200 Å². The first-order valence-corrected chi connectivity index (χ1v) is 19.9. The Labute approximate surface area is 332 Å².